The first kappa shape index (κ1) is 18.1. The third kappa shape index (κ3) is 4.49. The van der Waals surface area contributed by atoms with Crippen LogP contribution in [0.15, 0.2) is 65.8 Å². The predicted octanol–water partition coefficient (Wildman–Crippen LogP) is 5.38. The van der Waals surface area contributed by atoms with E-state index in [4.69, 9.17) is 27.9 Å². The number of pyridine rings is 1. The smallest absolute Gasteiger partial charge is 0.219 e. The average Bonchev–Trinajstić information content (AvgIpc) is 2.63. The number of hydroxylamine groups is 1. The standard InChI is InChI=1S/C18H12Cl2FN3O2/c19-12-2-1-3-14(8-12)26-17-7-4-11(10-22-17)18(24-25)23-13-5-6-16(21)15(20)9-13/h1-10,25H,(H,23,24). The van der Waals surface area contributed by atoms with Gasteiger partial charge in [-0.15, -0.1) is 0 Å². The van der Waals surface area contributed by atoms with Gasteiger partial charge in [-0.2, -0.15) is 0 Å². The highest BCUT2D eigenvalue weighted by Gasteiger charge is 2.07. The molecule has 2 N–H and O–H groups in total. The van der Waals surface area contributed by atoms with Gasteiger partial charge in [0.2, 0.25) is 5.88 Å². The molecule has 5 nitrogen and oxygen atoms in total. The average molecular weight is 392 g/mol. The Morgan fingerprint density at radius 2 is 1.96 bits per heavy atom. The van der Waals surface area contributed by atoms with Crippen molar-refractivity contribution in [1.82, 2.24) is 10.5 Å². The number of hydrogen-bond acceptors (Lipinski definition) is 4. The second-order valence-corrected chi connectivity index (χ2v) is 5.96. The van der Waals surface area contributed by atoms with Crippen LogP contribution >= 0.6 is 23.2 Å². The molecule has 0 saturated heterocycles. The van der Waals surface area contributed by atoms with E-state index in [9.17, 15) is 9.60 Å². The van der Waals surface area contributed by atoms with Crippen molar-refractivity contribution in [3.63, 3.8) is 0 Å². The molecular formula is C18H12Cl2FN3O2. The van der Waals surface area contributed by atoms with E-state index in [1.165, 1.54) is 24.4 Å². The van der Waals surface area contributed by atoms with E-state index in [1.54, 1.807) is 36.4 Å². The van der Waals surface area contributed by atoms with Crippen molar-refractivity contribution >= 4 is 34.7 Å². The lowest BCUT2D eigenvalue weighted by Gasteiger charge is -2.08. The summed E-state index contributed by atoms with van der Waals surface area (Å²) in [6.45, 7) is 0. The summed E-state index contributed by atoms with van der Waals surface area (Å²) >= 11 is 11.6. The first-order chi connectivity index (χ1) is 12.5. The number of aromatic nitrogens is 1. The largest absolute Gasteiger partial charge is 0.439 e. The Morgan fingerprint density at radius 1 is 1.12 bits per heavy atom. The minimum Gasteiger partial charge on any atom is -0.439 e. The fourth-order valence-electron chi connectivity index (χ4n) is 2.07. The van der Waals surface area contributed by atoms with Crippen LogP contribution in [0.3, 0.4) is 0 Å². The molecule has 3 aromatic rings. The molecule has 0 bridgehead atoms. The van der Waals surface area contributed by atoms with Crippen molar-refractivity contribution in [2.75, 3.05) is 0 Å². The van der Waals surface area contributed by atoms with Crippen molar-refractivity contribution in [3.05, 3.63) is 82.2 Å². The molecule has 0 aliphatic carbocycles. The van der Waals surface area contributed by atoms with Gasteiger partial charge in [-0.3, -0.25) is 10.7 Å². The number of hydrogen-bond donors (Lipinski definition) is 2. The molecule has 26 heavy (non-hydrogen) atoms. The van der Waals surface area contributed by atoms with Crippen LogP contribution in [0.2, 0.25) is 10.0 Å². The minimum absolute atomic E-state index is 0.0630. The van der Waals surface area contributed by atoms with Crippen LogP contribution < -0.4 is 10.2 Å². The Morgan fingerprint density at radius 3 is 2.62 bits per heavy atom. The molecule has 0 spiro atoms. The maximum Gasteiger partial charge on any atom is 0.219 e. The van der Waals surface area contributed by atoms with Gasteiger partial charge in [0, 0.05) is 22.8 Å². The van der Waals surface area contributed by atoms with E-state index in [1.807, 2.05) is 5.48 Å². The summed E-state index contributed by atoms with van der Waals surface area (Å²) in [5.41, 5.74) is 2.85. The number of ether oxygens (including phenoxy) is 1. The molecular weight excluding hydrogens is 380 g/mol. The summed E-state index contributed by atoms with van der Waals surface area (Å²) in [6, 6.07) is 14.2. The number of nitrogens with zero attached hydrogens (tertiary/aromatic N) is 2. The summed E-state index contributed by atoms with van der Waals surface area (Å²) < 4.78 is 18.8. The van der Waals surface area contributed by atoms with Crippen LogP contribution in [0.25, 0.3) is 0 Å². The third-order valence-corrected chi connectivity index (χ3v) is 3.80. The van der Waals surface area contributed by atoms with E-state index in [0.717, 1.165) is 0 Å². The Bertz CT molecular complexity index is 949. The first-order valence-corrected chi connectivity index (χ1v) is 8.14. The monoisotopic (exact) mass is 391 g/mol. The Labute approximate surface area is 158 Å². The summed E-state index contributed by atoms with van der Waals surface area (Å²) in [7, 11) is 0. The SMILES string of the molecule is ONC(=Nc1ccc(F)c(Cl)c1)c1ccc(Oc2cccc(Cl)c2)nc1. The number of aliphatic imine (C=N–C) groups is 1. The second-order valence-electron chi connectivity index (χ2n) is 5.12. The fourth-order valence-corrected chi connectivity index (χ4v) is 2.42. The Hall–Kier alpha value is -2.67. The minimum atomic E-state index is -0.548. The van der Waals surface area contributed by atoms with Gasteiger partial charge in [-0.1, -0.05) is 29.3 Å². The highest BCUT2D eigenvalue weighted by atomic mass is 35.5. The van der Waals surface area contributed by atoms with Crippen LogP contribution in [-0.2, 0) is 0 Å². The third-order valence-electron chi connectivity index (χ3n) is 3.28. The molecule has 132 valence electrons. The van der Waals surface area contributed by atoms with Gasteiger partial charge in [0.05, 0.1) is 10.7 Å². The highest BCUT2D eigenvalue weighted by molar-refractivity contribution is 6.31. The molecule has 0 saturated carbocycles. The highest BCUT2D eigenvalue weighted by Crippen LogP contribution is 2.24. The number of amidine groups is 1. The molecule has 0 aliphatic rings. The number of benzene rings is 2. The van der Waals surface area contributed by atoms with Gasteiger partial charge in [0.1, 0.15) is 11.6 Å². The maximum atomic E-state index is 13.2. The van der Waals surface area contributed by atoms with E-state index in [0.29, 0.717) is 27.9 Å². The summed E-state index contributed by atoms with van der Waals surface area (Å²) in [6.07, 6.45) is 1.47. The van der Waals surface area contributed by atoms with Crippen molar-refractivity contribution in [3.8, 4) is 11.6 Å². The van der Waals surface area contributed by atoms with Crippen LogP contribution in [0, 0.1) is 5.82 Å². The zero-order chi connectivity index (χ0) is 18.5. The lowest BCUT2D eigenvalue weighted by molar-refractivity contribution is 0.235. The van der Waals surface area contributed by atoms with Crippen LogP contribution in [0.1, 0.15) is 5.56 Å². The Kier molecular flexibility index (Phi) is 5.68. The van der Waals surface area contributed by atoms with Crippen molar-refractivity contribution in [2.24, 2.45) is 4.99 Å². The van der Waals surface area contributed by atoms with Crippen LogP contribution in [-0.4, -0.2) is 16.0 Å². The molecule has 0 radical (unpaired) electrons. The van der Waals surface area contributed by atoms with Gasteiger partial charge in [-0.05, 0) is 42.5 Å². The summed E-state index contributed by atoms with van der Waals surface area (Å²) in [5, 5.41) is 9.83. The van der Waals surface area contributed by atoms with Gasteiger partial charge >= 0.3 is 0 Å². The topological polar surface area (TPSA) is 66.7 Å². The fraction of sp³-hybridized carbons (Fsp3) is 0. The predicted molar refractivity (Wildman–Crippen MR) is 98.3 cm³/mol. The van der Waals surface area contributed by atoms with Crippen LogP contribution in [0.5, 0.6) is 11.6 Å². The number of rotatable bonds is 4. The molecule has 0 unspecified atom stereocenters. The molecule has 1 heterocycles. The van der Waals surface area contributed by atoms with Crippen molar-refractivity contribution < 1.29 is 14.3 Å². The summed E-state index contributed by atoms with van der Waals surface area (Å²) in [5.74, 6) is 0.466. The van der Waals surface area contributed by atoms with E-state index < -0.39 is 5.82 Å². The van der Waals surface area contributed by atoms with E-state index >= 15 is 0 Å². The lowest BCUT2D eigenvalue weighted by atomic mass is 10.2. The second kappa shape index (κ2) is 8.14. The molecule has 3 rings (SSSR count). The lowest BCUT2D eigenvalue weighted by Crippen LogP contribution is -2.20. The first-order valence-electron chi connectivity index (χ1n) is 7.39. The van der Waals surface area contributed by atoms with Gasteiger partial charge in [0.15, 0.2) is 5.84 Å². The van der Waals surface area contributed by atoms with Gasteiger partial charge in [-0.25, -0.2) is 14.4 Å². The number of halogens is 3. The molecule has 8 heteroatoms. The zero-order valence-corrected chi connectivity index (χ0v) is 14.7. The zero-order valence-electron chi connectivity index (χ0n) is 13.2. The van der Waals surface area contributed by atoms with Gasteiger partial charge in [0.25, 0.3) is 0 Å². The maximum absolute atomic E-state index is 13.2. The number of nitrogens with one attached hydrogen (secondary N) is 1. The molecule has 0 amide bonds. The Balaban J connectivity index is 1.81. The van der Waals surface area contributed by atoms with E-state index in [-0.39, 0.29) is 10.9 Å². The molecule has 0 fully saturated rings. The van der Waals surface area contributed by atoms with Gasteiger partial charge < -0.3 is 4.74 Å². The molecule has 0 atom stereocenters. The van der Waals surface area contributed by atoms with Crippen molar-refractivity contribution in [2.45, 2.75) is 0 Å². The van der Waals surface area contributed by atoms with Crippen molar-refractivity contribution in [1.29, 1.82) is 0 Å². The normalized spacial score (nSPS) is 11.3. The quantitative estimate of drug-likeness (QED) is 0.356. The summed E-state index contributed by atoms with van der Waals surface area (Å²) in [4.78, 5) is 8.34. The van der Waals surface area contributed by atoms with E-state index in [2.05, 4.69) is 9.98 Å². The van der Waals surface area contributed by atoms with Crippen LogP contribution in [0.4, 0.5) is 10.1 Å². The molecule has 1 aromatic heterocycles. The molecule has 2 aromatic carbocycles. The molecule has 0 aliphatic heterocycles.